The molecular weight excluding hydrogens is 252 g/mol. The third-order valence-corrected chi connectivity index (χ3v) is 3.29. The first-order chi connectivity index (χ1) is 9.70. The Morgan fingerprint density at radius 2 is 2.10 bits per heavy atom. The van der Waals surface area contributed by atoms with Gasteiger partial charge in [0.05, 0.1) is 0 Å². The van der Waals surface area contributed by atoms with Gasteiger partial charge in [-0.1, -0.05) is 25.1 Å². The van der Waals surface area contributed by atoms with E-state index in [1.807, 2.05) is 42.2 Å². The van der Waals surface area contributed by atoms with Crippen molar-refractivity contribution >= 4 is 17.5 Å². The normalized spacial score (nSPS) is 15.1. The summed E-state index contributed by atoms with van der Waals surface area (Å²) >= 11 is 0. The number of nitrogens with zero attached hydrogens (tertiary/aromatic N) is 1. The number of hydrogen-bond donors (Lipinski definition) is 1. The van der Waals surface area contributed by atoms with Crippen molar-refractivity contribution in [1.82, 2.24) is 5.32 Å². The monoisotopic (exact) mass is 272 g/mol. The van der Waals surface area contributed by atoms with Gasteiger partial charge in [0.2, 0.25) is 11.8 Å². The molecule has 1 fully saturated rings. The molecule has 1 heterocycles. The van der Waals surface area contributed by atoms with Crippen LogP contribution >= 0.6 is 0 Å². The number of rotatable bonds is 5. The summed E-state index contributed by atoms with van der Waals surface area (Å²) in [6.45, 7) is 3.29. The number of benzene rings is 1. The van der Waals surface area contributed by atoms with Crippen molar-refractivity contribution < 1.29 is 9.59 Å². The number of carbonyl (C=O) groups excluding carboxylic acids is 2. The van der Waals surface area contributed by atoms with Gasteiger partial charge in [0.25, 0.3) is 0 Å². The third-order valence-electron chi connectivity index (χ3n) is 3.29. The lowest BCUT2D eigenvalue weighted by Gasteiger charge is -2.15. The molecule has 1 aromatic rings. The third kappa shape index (κ3) is 3.70. The fourth-order valence-electron chi connectivity index (χ4n) is 2.19. The second-order valence-electron chi connectivity index (χ2n) is 4.84. The predicted octanol–water partition coefficient (Wildman–Crippen LogP) is 2.40. The molecule has 0 spiro atoms. The standard InChI is InChI=1S/C16H20N2O2/c1-2-3-5-15(19)17-12-13-7-9-14(10-8-13)18-11-4-6-16(18)20/h3,5,7-10H,2,4,6,11-12H2,1H3,(H,17,19). The van der Waals surface area contributed by atoms with Crippen molar-refractivity contribution in [3.05, 3.63) is 42.0 Å². The van der Waals surface area contributed by atoms with Crippen LogP contribution < -0.4 is 10.2 Å². The van der Waals surface area contributed by atoms with Gasteiger partial charge in [-0.2, -0.15) is 0 Å². The zero-order valence-corrected chi connectivity index (χ0v) is 11.8. The summed E-state index contributed by atoms with van der Waals surface area (Å²) in [5, 5.41) is 2.83. The highest BCUT2D eigenvalue weighted by atomic mass is 16.2. The van der Waals surface area contributed by atoms with E-state index in [9.17, 15) is 9.59 Å². The maximum Gasteiger partial charge on any atom is 0.243 e. The molecule has 0 aliphatic carbocycles. The van der Waals surface area contributed by atoms with E-state index >= 15 is 0 Å². The van der Waals surface area contributed by atoms with Crippen LogP contribution in [-0.4, -0.2) is 18.4 Å². The van der Waals surface area contributed by atoms with Gasteiger partial charge in [-0.15, -0.1) is 0 Å². The zero-order chi connectivity index (χ0) is 14.4. The Balaban J connectivity index is 1.90. The minimum atomic E-state index is -0.0781. The second-order valence-corrected chi connectivity index (χ2v) is 4.84. The van der Waals surface area contributed by atoms with E-state index < -0.39 is 0 Å². The largest absolute Gasteiger partial charge is 0.348 e. The smallest absolute Gasteiger partial charge is 0.243 e. The van der Waals surface area contributed by atoms with Gasteiger partial charge in [0.1, 0.15) is 0 Å². The van der Waals surface area contributed by atoms with E-state index in [1.54, 1.807) is 6.08 Å². The van der Waals surface area contributed by atoms with Crippen molar-refractivity contribution in [1.29, 1.82) is 0 Å². The second kappa shape index (κ2) is 6.89. The fraction of sp³-hybridized carbons (Fsp3) is 0.375. The first-order valence-electron chi connectivity index (χ1n) is 7.04. The van der Waals surface area contributed by atoms with Crippen molar-refractivity contribution in [3.63, 3.8) is 0 Å². The maximum absolute atomic E-state index is 11.6. The molecule has 1 saturated heterocycles. The molecule has 0 unspecified atom stereocenters. The number of allylic oxidation sites excluding steroid dienone is 1. The Hall–Kier alpha value is -2.10. The molecule has 0 atom stereocenters. The highest BCUT2D eigenvalue weighted by molar-refractivity contribution is 5.95. The summed E-state index contributed by atoms with van der Waals surface area (Å²) in [5.74, 6) is 0.112. The average Bonchev–Trinajstić information content (AvgIpc) is 2.89. The number of amides is 2. The Morgan fingerprint density at radius 1 is 1.35 bits per heavy atom. The first kappa shape index (κ1) is 14.3. The van der Waals surface area contributed by atoms with Gasteiger partial charge in [-0.3, -0.25) is 9.59 Å². The molecule has 4 nitrogen and oxygen atoms in total. The highest BCUT2D eigenvalue weighted by Gasteiger charge is 2.21. The molecule has 4 heteroatoms. The molecule has 1 aliphatic rings. The van der Waals surface area contributed by atoms with Crippen LogP contribution in [0, 0.1) is 0 Å². The molecule has 0 radical (unpaired) electrons. The van der Waals surface area contributed by atoms with Crippen LogP contribution in [0.5, 0.6) is 0 Å². The number of anilines is 1. The average molecular weight is 272 g/mol. The predicted molar refractivity (Wildman–Crippen MR) is 79.3 cm³/mol. The van der Waals surface area contributed by atoms with Crippen molar-refractivity contribution in [2.45, 2.75) is 32.7 Å². The molecule has 20 heavy (non-hydrogen) atoms. The molecule has 2 rings (SSSR count). The van der Waals surface area contributed by atoms with E-state index in [1.165, 1.54) is 0 Å². The van der Waals surface area contributed by atoms with E-state index in [-0.39, 0.29) is 11.8 Å². The van der Waals surface area contributed by atoms with Gasteiger partial charge in [-0.05, 0) is 36.6 Å². The first-order valence-corrected chi connectivity index (χ1v) is 7.04. The molecule has 1 aliphatic heterocycles. The van der Waals surface area contributed by atoms with E-state index in [0.29, 0.717) is 13.0 Å². The molecule has 1 aromatic carbocycles. The number of carbonyl (C=O) groups is 2. The van der Waals surface area contributed by atoms with E-state index in [2.05, 4.69) is 5.32 Å². The van der Waals surface area contributed by atoms with Gasteiger partial charge < -0.3 is 10.2 Å². The Labute approximate surface area is 119 Å². The van der Waals surface area contributed by atoms with Gasteiger partial charge in [0.15, 0.2) is 0 Å². The topological polar surface area (TPSA) is 49.4 Å². The summed E-state index contributed by atoms with van der Waals surface area (Å²) in [6, 6.07) is 7.77. The summed E-state index contributed by atoms with van der Waals surface area (Å²) < 4.78 is 0. The van der Waals surface area contributed by atoms with Gasteiger partial charge in [0, 0.05) is 25.2 Å². The molecule has 106 valence electrons. The van der Waals surface area contributed by atoms with E-state index in [4.69, 9.17) is 0 Å². The van der Waals surface area contributed by atoms with Crippen LogP contribution in [0.3, 0.4) is 0 Å². The molecule has 0 aromatic heterocycles. The van der Waals surface area contributed by atoms with Crippen LogP contribution in [0.2, 0.25) is 0 Å². The van der Waals surface area contributed by atoms with Crippen LogP contribution in [0.25, 0.3) is 0 Å². The Morgan fingerprint density at radius 3 is 2.70 bits per heavy atom. The van der Waals surface area contributed by atoms with Crippen molar-refractivity contribution in [3.8, 4) is 0 Å². The van der Waals surface area contributed by atoms with E-state index in [0.717, 1.165) is 30.6 Å². The minimum Gasteiger partial charge on any atom is -0.348 e. The molecule has 0 saturated carbocycles. The Bertz CT molecular complexity index is 506. The van der Waals surface area contributed by atoms with Crippen LogP contribution in [0.15, 0.2) is 36.4 Å². The Kier molecular flexibility index (Phi) is 4.93. The number of nitrogens with one attached hydrogen (secondary N) is 1. The summed E-state index contributed by atoms with van der Waals surface area (Å²) in [6.07, 6.45) is 5.81. The minimum absolute atomic E-state index is 0.0781. The molecule has 1 N–H and O–H groups in total. The van der Waals surface area contributed by atoms with Crippen LogP contribution in [0.1, 0.15) is 31.7 Å². The van der Waals surface area contributed by atoms with Gasteiger partial charge in [-0.25, -0.2) is 0 Å². The van der Waals surface area contributed by atoms with Crippen molar-refractivity contribution in [2.24, 2.45) is 0 Å². The van der Waals surface area contributed by atoms with Gasteiger partial charge >= 0.3 is 0 Å². The maximum atomic E-state index is 11.6. The fourth-order valence-corrected chi connectivity index (χ4v) is 2.19. The lowest BCUT2D eigenvalue weighted by molar-refractivity contribution is -0.117. The lowest BCUT2D eigenvalue weighted by Crippen LogP contribution is -2.23. The number of hydrogen-bond acceptors (Lipinski definition) is 2. The lowest BCUT2D eigenvalue weighted by atomic mass is 10.2. The summed E-state index contributed by atoms with van der Waals surface area (Å²) in [4.78, 5) is 24.9. The summed E-state index contributed by atoms with van der Waals surface area (Å²) in [5.41, 5.74) is 1.96. The molecule has 2 amide bonds. The molecule has 0 bridgehead atoms. The zero-order valence-electron chi connectivity index (χ0n) is 11.8. The highest BCUT2D eigenvalue weighted by Crippen LogP contribution is 2.21. The molecular formula is C16H20N2O2. The van der Waals surface area contributed by atoms with Crippen LogP contribution in [0.4, 0.5) is 5.69 Å². The van der Waals surface area contributed by atoms with Crippen LogP contribution in [-0.2, 0) is 16.1 Å². The quantitative estimate of drug-likeness (QED) is 0.837. The van der Waals surface area contributed by atoms with Crippen molar-refractivity contribution in [2.75, 3.05) is 11.4 Å². The SMILES string of the molecule is CCC=CC(=O)NCc1ccc(N2CCCC2=O)cc1. The summed E-state index contributed by atoms with van der Waals surface area (Å²) in [7, 11) is 0.